The van der Waals surface area contributed by atoms with Crippen molar-refractivity contribution < 1.29 is 18.8 Å². The Morgan fingerprint density at radius 1 is 1.14 bits per heavy atom. The lowest BCUT2D eigenvalue weighted by molar-refractivity contribution is -0.0587. The minimum Gasteiger partial charge on any atom is -0.372 e. The average Bonchev–Trinajstić information content (AvgIpc) is 3.34. The van der Waals surface area contributed by atoms with Gasteiger partial charge in [-0.2, -0.15) is 0 Å². The second-order valence-corrected chi connectivity index (χ2v) is 7.43. The van der Waals surface area contributed by atoms with Gasteiger partial charge in [0.1, 0.15) is 17.1 Å². The number of ether oxygens (including phenoxy) is 1. The largest absolute Gasteiger partial charge is 0.372 e. The van der Waals surface area contributed by atoms with Crippen LogP contribution in [0.15, 0.2) is 47.1 Å². The minimum atomic E-state index is -0.235. The zero-order valence-electron chi connectivity index (χ0n) is 16.6. The van der Waals surface area contributed by atoms with E-state index in [0.717, 1.165) is 5.56 Å². The van der Waals surface area contributed by atoms with Gasteiger partial charge in [0.15, 0.2) is 5.78 Å². The van der Waals surface area contributed by atoms with E-state index in [9.17, 15) is 9.59 Å². The number of ketones is 1. The quantitative estimate of drug-likeness (QED) is 0.686. The van der Waals surface area contributed by atoms with Gasteiger partial charge in [0.05, 0.1) is 17.8 Å². The van der Waals surface area contributed by atoms with Crippen molar-refractivity contribution >= 4 is 11.7 Å². The molecule has 150 valence electrons. The van der Waals surface area contributed by atoms with Crippen LogP contribution in [0.3, 0.4) is 0 Å². The SMILES string of the molecule is Cc1onc(-c2ccccc2)c1C(=O)c1c[nH]c(C(=O)N2CC(C)OC(C)C2)c1. The fraction of sp³-hybridized carbons (Fsp3) is 0.318. The molecule has 2 aromatic heterocycles. The topological polar surface area (TPSA) is 88.4 Å². The minimum absolute atomic E-state index is 0.0214. The number of H-pyrrole nitrogens is 1. The molecule has 0 aliphatic carbocycles. The van der Waals surface area contributed by atoms with Gasteiger partial charge in [-0.1, -0.05) is 35.5 Å². The third-order valence-corrected chi connectivity index (χ3v) is 5.02. The number of benzene rings is 1. The van der Waals surface area contributed by atoms with Crippen LogP contribution in [0.5, 0.6) is 0 Å². The van der Waals surface area contributed by atoms with Gasteiger partial charge in [-0.25, -0.2) is 0 Å². The Morgan fingerprint density at radius 2 is 1.83 bits per heavy atom. The van der Waals surface area contributed by atoms with E-state index < -0.39 is 0 Å². The molecule has 0 radical (unpaired) electrons. The molecule has 4 rings (SSSR count). The molecule has 1 N–H and O–H groups in total. The Bertz CT molecular complexity index is 1030. The maximum absolute atomic E-state index is 13.2. The molecule has 0 bridgehead atoms. The molecule has 3 heterocycles. The number of aromatic nitrogens is 2. The molecule has 1 aromatic carbocycles. The Labute approximate surface area is 168 Å². The van der Waals surface area contributed by atoms with E-state index in [-0.39, 0.29) is 23.9 Å². The smallest absolute Gasteiger partial charge is 0.270 e. The number of morpholine rings is 1. The highest BCUT2D eigenvalue weighted by molar-refractivity contribution is 6.13. The molecule has 1 saturated heterocycles. The van der Waals surface area contributed by atoms with Gasteiger partial charge in [-0.15, -0.1) is 0 Å². The highest BCUT2D eigenvalue weighted by Gasteiger charge is 2.29. The van der Waals surface area contributed by atoms with E-state index in [1.165, 1.54) is 0 Å². The first-order valence-electron chi connectivity index (χ1n) is 9.63. The van der Waals surface area contributed by atoms with Crippen molar-refractivity contribution in [1.82, 2.24) is 15.0 Å². The molecule has 0 spiro atoms. The monoisotopic (exact) mass is 393 g/mol. The van der Waals surface area contributed by atoms with Crippen LogP contribution in [0, 0.1) is 6.92 Å². The summed E-state index contributed by atoms with van der Waals surface area (Å²) in [7, 11) is 0. The summed E-state index contributed by atoms with van der Waals surface area (Å²) < 4.78 is 11.0. The maximum Gasteiger partial charge on any atom is 0.270 e. The van der Waals surface area contributed by atoms with E-state index in [1.54, 1.807) is 24.1 Å². The number of aryl methyl sites for hydroxylation is 1. The summed E-state index contributed by atoms with van der Waals surface area (Å²) in [5.74, 6) is 0.0664. The maximum atomic E-state index is 13.2. The van der Waals surface area contributed by atoms with Gasteiger partial charge in [0, 0.05) is 30.4 Å². The number of hydrogen-bond donors (Lipinski definition) is 1. The van der Waals surface area contributed by atoms with Crippen molar-refractivity contribution in [2.45, 2.75) is 33.0 Å². The van der Waals surface area contributed by atoms with Crippen molar-refractivity contribution in [3.05, 3.63) is 65.2 Å². The molecule has 29 heavy (non-hydrogen) atoms. The highest BCUT2D eigenvalue weighted by Crippen LogP contribution is 2.27. The van der Waals surface area contributed by atoms with E-state index in [4.69, 9.17) is 9.26 Å². The molecule has 2 unspecified atom stereocenters. The first-order valence-corrected chi connectivity index (χ1v) is 9.63. The van der Waals surface area contributed by atoms with Gasteiger partial charge in [-0.05, 0) is 26.8 Å². The van der Waals surface area contributed by atoms with Crippen molar-refractivity contribution in [2.75, 3.05) is 13.1 Å². The summed E-state index contributed by atoms with van der Waals surface area (Å²) in [6, 6.07) is 11.0. The fourth-order valence-electron chi connectivity index (χ4n) is 3.74. The Hall–Kier alpha value is -3.19. The molecule has 1 aliphatic rings. The number of nitrogens with zero attached hydrogens (tertiary/aromatic N) is 2. The number of amides is 1. The zero-order chi connectivity index (χ0) is 20.5. The lowest BCUT2D eigenvalue weighted by Gasteiger charge is -2.35. The van der Waals surface area contributed by atoms with Gasteiger partial charge in [0.2, 0.25) is 0 Å². The normalized spacial score (nSPS) is 19.3. The number of carbonyl (C=O) groups excluding carboxylic acids is 2. The number of aromatic amines is 1. The number of hydrogen-bond acceptors (Lipinski definition) is 5. The van der Waals surface area contributed by atoms with E-state index in [1.807, 2.05) is 44.2 Å². The molecular formula is C22H23N3O4. The lowest BCUT2D eigenvalue weighted by atomic mass is 9.99. The third kappa shape index (κ3) is 3.73. The fourth-order valence-corrected chi connectivity index (χ4v) is 3.74. The summed E-state index contributed by atoms with van der Waals surface area (Å²) in [6.45, 7) is 6.64. The van der Waals surface area contributed by atoms with Gasteiger partial charge < -0.3 is 19.1 Å². The Kier molecular flexibility index (Phi) is 5.07. The van der Waals surface area contributed by atoms with Crippen molar-refractivity contribution in [3.8, 4) is 11.3 Å². The lowest BCUT2D eigenvalue weighted by Crippen LogP contribution is -2.48. The van der Waals surface area contributed by atoms with Gasteiger partial charge in [0.25, 0.3) is 5.91 Å². The average molecular weight is 393 g/mol. The zero-order valence-corrected chi connectivity index (χ0v) is 16.6. The first-order chi connectivity index (χ1) is 13.9. The summed E-state index contributed by atoms with van der Waals surface area (Å²) in [5, 5.41) is 4.07. The summed E-state index contributed by atoms with van der Waals surface area (Å²) in [4.78, 5) is 30.7. The Morgan fingerprint density at radius 3 is 2.52 bits per heavy atom. The first kappa shape index (κ1) is 19.1. The Balaban J connectivity index is 1.60. The molecular weight excluding hydrogens is 370 g/mol. The molecule has 0 saturated carbocycles. The summed E-state index contributed by atoms with van der Waals surface area (Å²) in [5.41, 5.74) is 2.48. The summed E-state index contributed by atoms with van der Waals surface area (Å²) >= 11 is 0. The van der Waals surface area contributed by atoms with Crippen molar-refractivity contribution in [3.63, 3.8) is 0 Å². The van der Waals surface area contributed by atoms with Crippen LogP contribution in [-0.2, 0) is 4.74 Å². The molecule has 2 atom stereocenters. The standard InChI is InChI=1S/C22H23N3O4/c1-13-11-25(12-14(2)28-13)22(27)18-9-17(10-23-18)21(26)19-15(3)29-24-20(19)16-7-5-4-6-8-16/h4-10,13-14,23H,11-12H2,1-3H3. The van der Waals surface area contributed by atoms with E-state index in [2.05, 4.69) is 10.1 Å². The molecule has 3 aromatic rings. The number of carbonyl (C=O) groups is 2. The van der Waals surface area contributed by atoms with Gasteiger partial charge >= 0.3 is 0 Å². The molecule has 1 aliphatic heterocycles. The second-order valence-electron chi connectivity index (χ2n) is 7.43. The summed E-state index contributed by atoms with van der Waals surface area (Å²) in [6.07, 6.45) is 1.52. The van der Waals surface area contributed by atoms with Gasteiger partial charge in [-0.3, -0.25) is 9.59 Å². The highest BCUT2D eigenvalue weighted by atomic mass is 16.5. The van der Waals surface area contributed by atoms with Crippen LogP contribution in [0.2, 0.25) is 0 Å². The van der Waals surface area contributed by atoms with Crippen LogP contribution in [0.1, 0.15) is 46.0 Å². The van der Waals surface area contributed by atoms with Crippen molar-refractivity contribution in [2.24, 2.45) is 0 Å². The van der Waals surface area contributed by atoms with Crippen LogP contribution in [-0.4, -0.2) is 52.0 Å². The van der Waals surface area contributed by atoms with E-state index >= 15 is 0 Å². The number of rotatable bonds is 4. The predicted molar refractivity (Wildman–Crippen MR) is 107 cm³/mol. The van der Waals surface area contributed by atoms with Crippen LogP contribution in [0.25, 0.3) is 11.3 Å². The van der Waals surface area contributed by atoms with Crippen LogP contribution >= 0.6 is 0 Å². The molecule has 7 heteroatoms. The van der Waals surface area contributed by atoms with Crippen LogP contribution < -0.4 is 0 Å². The van der Waals surface area contributed by atoms with E-state index in [0.29, 0.717) is 41.4 Å². The van der Waals surface area contributed by atoms with Crippen LogP contribution in [0.4, 0.5) is 0 Å². The molecule has 1 fully saturated rings. The van der Waals surface area contributed by atoms with Crippen molar-refractivity contribution in [1.29, 1.82) is 0 Å². The molecule has 1 amide bonds. The predicted octanol–water partition coefficient (Wildman–Crippen LogP) is 3.46. The molecule has 7 nitrogen and oxygen atoms in total. The third-order valence-electron chi connectivity index (χ3n) is 5.02. The second kappa shape index (κ2) is 7.67. The number of nitrogens with one attached hydrogen (secondary N) is 1.